The van der Waals surface area contributed by atoms with Gasteiger partial charge in [0.2, 0.25) is 0 Å². The van der Waals surface area contributed by atoms with Gasteiger partial charge in [-0.1, -0.05) is 25.7 Å². The topological polar surface area (TPSA) is 20.2 Å². The Balaban J connectivity index is 1.73. The van der Waals surface area contributed by atoms with E-state index >= 15 is 0 Å². The maximum absolute atomic E-state index is 8.85. The number of aliphatic hydroxyl groups is 1. The molecule has 0 aromatic rings. The smallest absolute Gasteiger partial charge is 0.0459 e. The highest BCUT2D eigenvalue weighted by Gasteiger charge is 2.35. The molecule has 1 nitrogen and oxygen atoms in total. The van der Waals surface area contributed by atoms with Gasteiger partial charge in [0.15, 0.2) is 0 Å². The van der Waals surface area contributed by atoms with Crippen molar-refractivity contribution < 1.29 is 5.11 Å². The number of rotatable bonds is 2. The minimum atomic E-state index is 0.434. The lowest BCUT2D eigenvalue weighted by Gasteiger charge is -2.38. The van der Waals surface area contributed by atoms with Crippen molar-refractivity contribution in [2.45, 2.75) is 38.5 Å². The van der Waals surface area contributed by atoms with Gasteiger partial charge < -0.3 is 5.11 Å². The Morgan fingerprint density at radius 2 is 1.64 bits per heavy atom. The third kappa shape index (κ3) is 1.44. The summed E-state index contributed by atoms with van der Waals surface area (Å²) in [6.07, 6.45) is 8.52. The van der Waals surface area contributed by atoms with Gasteiger partial charge in [-0.3, -0.25) is 0 Å². The molecule has 0 spiro atoms. The van der Waals surface area contributed by atoms with Gasteiger partial charge in [-0.25, -0.2) is 0 Å². The quantitative estimate of drug-likeness (QED) is 0.646. The lowest BCUT2D eigenvalue weighted by atomic mass is 9.68. The Labute approximate surface area is 68.8 Å². The fourth-order valence-corrected chi connectivity index (χ4v) is 2.75. The summed E-state index contributed by atoms with van der Waals surface area (Å²) in [5.74, 6) is 2.70. The van der Waals surface area contributed by atoms with Crippen LogP contribution < -0.4 is 0 Å². The molecule has 0 heterocycles. The van der Waals surface area contributed by atoms with E-state index in [1.807, 2.05) is 0 Å². The van der Waals surface area contributed by atoms with Crippen LogP contribution in [0, 0.1) is 17.8 Å². The van der Waals surface area contributed by atoms with Gasteiger partial charge in [-0.2, -0.15) is 0 Å². The first-order valence-electron chi connectivity index (χ1n) is 5.01. The molecule has 2 rings (SSSR count). The van der Waals surface area contributed by atoms with Crippen LogP contribution in [0.15, 0.2) is 0 Å². The molecule has 1 heteroatoms. The molecule has 2 fully saturated rings. The SMILES string of the molecule is OCC1CC(C2CCCC2)C1. The van der Waals surface area contributed by atoms with Crippen molar-refractivity contribution >= 4 is 0 Å². The Morgan fingerprint density at radius 3 is 2.18 bits per heavy atom. The largest absolute Gasteiger partial charge is 0.396 e. The normalized spacial score (nSPS) is 39.0. The van der Waals surface area contributed by atoms with Crippen molar-refractivity contribution in [3.63, 3.8) is 0 Å². The van der Waals surface area contributed by atoms with Crippen molar-refractivity contribution in [1.29, 1.82) is 0 Å². The van der Waals surface area contributed by atoms with Crippen molar-refractivity contribution in [1.82, 2.24) is 0 Å². The lowest BCUT2D eigenvalue weighted by Crippen LogP contribution is -2.31. The summed E-state index contributed by atoms with van der Waals surface area (Å²) in [5, 5.41) is 8.85. The van der Waals surface area contributed by atoms with E-state index in [4.69, 9.17) is 5.11 Å². The highest BCUT2D eigenvalue weighted by atomic mass is 16.3. The van der Waals surface area contributed by atoms with Crippen LogP contribution in [0.5, 0.6) is 0 Å². The first-order valence-corrected chi connectivity index (χ1v) is 5.01. The first kappa shape index (κ1) is 7.60. The molecule has 0 unspecified atom stereocenters. The van der Waals surface area contributed by atoms with E-state index in [0.717, 1.165) is 11.8 Å². The third-order valence-corrected chi connectivity index (χ3v) is 3.60. The minimum absolute atomic E-state index is 0.434. The van der Waals surface area contributed by atoms with E-state index in [1.165, 1.54) is 38.5 Å². The van der Waals surface area contributed by atoms with Gasteiger partial charge >= 0.3 is 0 Å². The molecule has 64 valence electrons. The molecule has 2 aliphatic carbocycles. The highest BCUT2D eigenvalue weighted by Crippen LogP contribution is 2.44. The Bertz CT molecular complexity index is 121. The van der Waals surface area contributed by atoms with E-state index in [9.17, 15) is 0 Å². The van der Waals surface area contributed by atoms with Crippen LogP contribution in [0.3, 0.4) is 0 Å². The van der Waals surface area contributed by atoms with Crippen LogP contribution in [-0.4, -0.2) is 11.7 Å². The summed E-state index contributed by atoms with van der Waals surface area (Å²) in [6, 6.07) is 0. The fraction of sp³-hybridized carbons (Fsp3) is 1.00. The summed E-state index contributed by atoms with van der Waals surface area (Å²) >= 11 is 0. The third-order valence-electron chi connectivity index (χ3n) is 3.60. The zero-order valence-corrected chi connectivity index (χ0v) is 7.13. The van der Waals surface area contributed by atoms with Gasteiger partial charge in [-0.15, -0.1) is 0 Å². The molecule has 0 aromatic carbocycles. The maximum Gasteiger partial charge on any atom is 0.0459 e. The number of hydrogen-bond donors (Lipinski definition) is 1. The molecular weight excluding hydrogens is 136 g/mol. The molecule has 0 radical (unpaired) electrons. The number of aliphatic hydroxyl groups excluding tert-OH is 1. The minimum Gasteiger partial charge on any atom is -0.396 e. The average molecular weight is 154 g/mol. The van der Waals surface area contributed by atoms with Crippen molar-refractivity contribution in [3.8, 4) is 0 Å². The monoisotopic (exact) mass is 154 g/mol. The summed E-state index contributed by atoms with van der Waals surface area (Å²) in [6.45, 7) is 0.434. The lowest BCUT2D eigenvalue weighted by molar-refractivity contribution is 0.0712. The second-order valence-electron chi connectivity index (χ2n) is 4.32. The summed E-state index contributed by atoms with van der Waals surface area (Å²) in [7, 11) is 0. The molecule has 0 atom stereocenters. The molecule has 11 heavy (non-hydrogen) atoms. The van der Waals surface area contributed by atoms with Crippen LogP contribution in [0.25, 0.3) is 0 Å². The van der Waals surface area contributed by atoms with E-state index in [-0.39, 0.29) is 0 Å². The molecule has 0 amide bonds. The summed E-state index contributed by atoms with van der Waals surface area (Å²) in [4.78, 5) is 0. The molecule has 0 aromatic heterocycles. The van der Waals surface area contributed by atoms with Gasteiger partial charge in [0.05, 0.1) is 0 Å². The fourth-order valence-electron chi connectivity index (χ4n) is 2.75. The maximum atomic E-state index is 8.85. The predicted molar refractivity (Wildman–Crippen MR) is 45.3 cm³/mol. The Morgan fingerprint density at radius 1 is 1.00 bits per heavy atom. The molecule has 0 saturated heterocycles. The van der Waals surface area contributed by atoms with Crippen LogP contribution in [-0.2, 0) is 0 Å². The van der Waals surface area contributed by atoms with Crippen LogP contribution in [0.2, 0.25) is 0 Å². The molecular formula is C10H18O. The summed E-state index contributed by atoms with van der Waals surface area (Å²) in [5.41, 5.74) is 0. The van der Waals surface area contributed by atoms with Crippen LogP contribution in [0.1, 0.15) is 38.5 Å². The van der Waals surface area contributed by atoms with Gasteiger partial charge in [-0.05, 0) is 30.6 Å². The van der Waals surface area contributed by atoms with Gasteiger partial charge in [0.1, 0.15) is 0 Å². The molecule has 2 aliphatic rings. The van der Waals surface area contributed by atoms with E-state index in [1.54, 1.807) is 0 Å². The zero-order chi connectivity index (χ0) is 7.68. The number of hydrogen-bond acceptors (Lipinski definition) is 1. The van der Waals surface area contributed by atoms with E-state index in [0.29, 0.717) is 12.5 Å². The van der Waals surface area contributed by atoms with Gasteiger partial charge in [0.25, 0.3) is 0 Å². The Kier molecular flexibility index (Phi) is 2.17. The highest BCUT2D eigenvalue weighted by molar-refractivity contribution is 4.86. The Hall–Kier alpha value is -0.0400. The molecule has 0 aliphatic heterocycles. The van der Waals surface area contributed by atoms with Crippen LogP contribution >= 0.6 is 0 Å². The molecule has 0 bridgehead atoms. The van der Waals surface area contributed by atoms with Crippen molar-refractivity contribution in [2.24, 2.45) is 17.8 Å². The second-order valence-corrected chi connectivity index (χ2v) is 4.32. The van der Waals surface area contributed by atoms with Crippen molar-refractivity contribution in [2.75, 3.05) is 6.61 Å². The molecule has 1 N–H and O–H groups in total. The van der Waals surface area contributed by atoms with E-state index < -0.39 is 0 Å². The van der Waals surface area contributed by atoms with E-state index in [2.05, 4.69) is 0 Å². The molecule has 2 saturated carbocycles. The predicted octanol–water partition coefficient (Wildman–Crippen LogP) is 2.20. The second kappa shape index (κ2) is 3.14. The van der Waals surface area contributed by atoms with Gasteiger partial charge in [0, 0.05) is 6.61 Å². The van der Waals surface area contributed by atoms with Crippen LogP contribution in [0.4, 0.5) is 0 Å². The average Bonchev–Trinajstić information content (AvgIpc) is 2.37. The van der Waals surface area contributed by atoms with Crippen molar-refractivity contribution in [3.05, 3.63) is 0 Å². The standard InChI is InChI=1S/C10H18O/c11-7-8-5-10(6-8)9-3-1-2-4-9/h8-11H,1-7H2. The summed E-state index contributed by atoms with van der Waals surface area (Å²) < 4.78 is 0. The zero-order valence-electron chi connectivity index (χ0n) is 7.13. The first-order chi connectivity index (χ1) is 5.40.